The molecule has 0 bridgehead atoms. The Balaban J connectivity index is 1.90. The van der Waals surface area contributed by atoms with Crippen molar-refractivity contribution >= 4 is 39.4 Å². The quantitative estimate of drug-likeness (QED) is 0.493. The molecule has 0 aliphatic heterocycles. The number of nitrogen functional groups attached to an aromatic ring is 1. The second-order valence-electron chi connectivity index (χ2n) is 5.14. The van der Waals surface area contributed by atoms with Crippen LogP contribution in [0.5, 0.6) is 0 Å². The first-order valence-corrected chi connectivity index (χ1v) is 9.31. The van der Waals surface area contributed by atoms with Gasteiger partial charge in [0.25, 0.3) is 0 Å². The van der Waals surface area contributed by atoms with E-state index in [1.165, 1.54) is 11.3 Å². The lowest BCUT2D eigenvalue weighted by molar-refractivity contribution is 1.34. The van der Waals surface area contributed by atoms with Gasteiger partial charge in [-0.15, -0.1) is 22.7 Å². The molecule has 4 rings (SSSR count). The topological polar surface area (TPSA) is 51.8 Å². The Morgan fingerprint density at radius 1 is 0.875 bits per heavy atom. The van der Waals surface area contributed by atoms with E-state index in [2.05, 4.69) is 17.1 Å². The molecule has 0 saturated carbocycles. The third kappa shape index (κ3) is 2.94. The summed E-state index contributed by atoms with van der Waals surface area (Å²) in [5.41, 5.74) is 9.70. The summed E-state index contributed by atoms with van der Waals surface area (Å²) in [6, 6.07) is 18.0. The minimum absolute atomic E-state index is 0.550. The monoisotopic (exact) mass is 369 g/mol. The summed E-state index contributed by atoms with van der Waals surface area (Å²) in [6.45, 7) is 0. The molecule has 0 fully saturated rings. The Morgan fingerprint density at radius 3 is 2.29 bits per heavy atom. The van der Waals surface area contributed by atoms with Gasteiger partial charge in [-0.05, 0) is 17.7 Å². The molecule has 0 unspecified atom stereocenters. The standard InChI is InChI=1S/C18H12ClN3S2/c19-13-8-6-12(7-9-13)16-15(11-4-2-1-3-5-11)22-17(24-16)14-10-23-18(20)21-14/h1-10H,(H2,20,21). The lowest BCUT2D eigenvalue weighted by Crippen LogP contribution is -1.83. The maximum atomic E-state index is 6.03. The van der Waals surface area contributed by atoms with Crippen LogP contribution in [0.2, 0.25) is 5.02 Å². The van der Waals surface area contributed by atoms with Crippen LogP contribution in [-0.2, 0) is 0 Å². The van der Waals surface area contributed by atoms with Gasteiger partial charge >= 0.3 is 0 Å². The Labute approximate surface area is 152 Å². The molecule has 3 nitrogen and oxygen atoms in total. The van der Waals surface area contributed by atoms with Gasteiger partial charge in [-0.2, -0.15) is 0 Å². The maximum Gasteiger partial charge on any atom is 0.180 e. The molecule has 4 aromatic rings. The lowest BCUT2D eigenvalue weighted by atomic mass is 10.1. The van der Waals surface area contributed by atoms with Gasteiger partial charge in [-0.1, -0.05) is 54.1 Å². The number of rotatable bonds is 3. The number of nitrogens with zero attached hydrogens (tertiary/aromatic N) is 2. The van der Waals surface area contributed by atoms with E-state index in [-0.39, 0.29) is 0 Å². The van der Waals surface area contributed by atoms with Gasteiger partial charge in [0.05, 0.1) is 10.6 Å². The highest BCUT2D eigenvalue weighted by atomic mass is 35.5. The first-order chi connectivity index (χ1) is 11.7. The molecule has 2 N–H and O–H groups in total. The number of thiazole rings is 2. The molecule has 0 aliphatic carbocycles. The van der Waals surface area contributed by atoms with Crippen LogP contribution in [0.25, 0.3) is 32.4 Å². The fourth-order valence-corrected chi connectivity index (χ4v) is 4.21. The SMILES string of the molecule is Nc1nc(-c2nc(-c3ccccc3)c(-c3ccc(Cl)cc3)s2)cs1. The minimum Gasteiger partial charge on any atom is -0.375 e. The second kappa shape index (κ2) is 6.36. The van der Waals surface area contributed by atoms with E-state index in [0.717, 1.165) is 37.4 Å². The lowest BCUT2D eigenvalue weighted by Gasteiger charge is -2.02. The van der Waals surface area contributed by atoms with Crippen LogP contribution < -0.4 is 5.73 Å². The molecular formula is C18H12ClN3S2. The number of hydrogen-bond donors (Lipinski definition) is 1. The zero-order chi connectivity index (χ0) is 16.5. The van der Waals surface area contributed by atoms with Crippen LogP contribution in [0, 0.1) is 0 Å². The number of benzene rings is 2. The first kappa shape index (κ1) is 15.3. The van der Waals surface area contributed by atoms with Crippen LogP contribution >= 0.6 is 34.3 Å². The van der Waals surface area contributed by atoms with Gasteiger partial charge < -0.3 is 5.73 Å². The zero-order valence-corrected chi connectivity index (χ0v) is 14.8. The number of halogens is 1. The Bertz CT molecular complexity index is 975. The third-order valence-corrected chi connectivity index (χ3v) is 5.57. The molecule has 118 valence electrons. The summed E-state index contributed by atoms with van der Waals surface area (Å²) < 4.78 is 0. The van der Waals surface area contributed by atoms with Crippen LogP contribution in [0.3, 0.4) is 0 Å². The normalized spacial score (nSPS) is 10.9. The molecule has 0 radical (unpaired) electrons. The Hall–Kier alpha value is -2.21. The molecule has 0 spiro atoms. The molecule has 6 heteroatoms. The van der Waals surface area contributed by atoms with E-state index in [0.29, 0.717) is 5.13 Å². The van der Waals surface area contributed by atoms with E-state index in [9.17, 15) is 0 Å². The van der Waals surface area contributed by atoms with Crippen molar-refractivity contribution in [3.63, 3.8) is 0 Å². The highest BCUT2D eigenvalue weighted by Gasteiger charge is 2.17. The smallest absolute Gasteiger partial charge is 0.180 e. The highest BCUT2D eigenvalue weighted by Crippen LogP contribution is 2.41. The van der Waals surface area contributed by atoms with Crippen molar-refractivity contribution in [1.82, 2.24) is 9.97 Å². The molecule has 0 saturated heterocycles. The van der Waals surface area contributed by atoms with Crippen LogP contribution in [0.1, 0.15) is 0 Å². The number of aromatic nitrogens is 2. The summed E-state index contributed by atoms with van der Waals surface area (Å²) in [5.74, 6) is 0. The van der Waals surface area contributed by atoms with Crippen molar-refractivity contribution in [2.24, 2.45) is 0 Å². The van der Waals surface area contributed by atoms with E-state index in [4.69, 9.17) is 22.3 Å². The number of nitrogens with two attached hydrogens (primary N) is 1. The average Bonchev–Trinajstić information content (AvgIpc) is 3.23. The van der Waals surface area contributed by atoms with Crippen molar-refractivity contribution in [1.29, 1.82) is 0 Å². The van der Waals surface area contributed by atoms with Gasteiger partial charge in [-0.25, -0.2) is 9.97 Å². The average molecular weight is 370 g/mol. The Kier molecular flexibility index (Phi) is 4.06. The van der Waals surface area contributed by atoms with Crippen molar-refractivity contribution < 1.29 is 0 Å². The molecule has 2 aromatic carbocycles. The highest BCUT2D eigenvalue weighted by molar-refractivity contribution is 7.19. The summed E-state index contributed by atoms with van der Waals surface area (Å²) in [4.78, 5) is 10.3. The molecule has 2 heterocycles. The van der Waals surface area contributed by atoms with E-state index < -0.39 is 0 Å². The fraction of sp³-hybridized carbons (Fsp3) is 0. The van der Waals surface area contributed by atoms with Crippen molar-refractivity contribution in [2.75, 3.05) is 5.73 Å². The summed E-state index contributed by atoms with van der Waals surface area (Å²) in [7, 11) is 0. The van der Waals surface area contributed by atoms with Crippen LogP contribution in [0.15, 0.2) is 60.0 Å². The third-order valence-electron chi connectivity index (χ3n) is 3.52. The summed E-state index contributed by atoms with van der Waals surface area (Å²) in [5, 5.41) is 4.08. The van der Waals surface area contributed by atoms with Crippen LogP contribution in [0.4, 0.5) is 5.13 Å². The molecule has 0 amide bonds. The zero-order valence-electron chi connectivity index (χ0n) is 12.4. The predicted molar refractivity (Wildman–Crippen MR) is 104 cm³/mol. The van der Waals surface area contributed by atoms with Gasteiger partial charge in [-0.3, -0.25) is 0 Å². The van der Waals surface area contributed by atoms with Gasteiger partial charge in [0.15, 0.2) is 5.13 Å². The van der Waals surface area contributed by atoms with Gasteiger partial charge in [0, 0.05) is 16.0 Å². The molecule has 0 aliphatic rings. The molecule has 24 heavy (non-hydrogen) atoms. The van der Waals surface area contributed by atoms with E-state index in [1.54, 1.807) is 11.3 Å². The van der Waals surface area contributed by atoms with Gasteiger partial charge in [0.1, 0.15) is 10.7 Å². The molecular weight excluding hydrogens is 358 g/mol. The van der Waals surface area contributed by atoms with Crippen LogP contribution in [-0.4, -0.2) is 9.97 Å². The van der Waals surface area contributed by atoms with Crippen molar-refractivity contribution in [2.45, 2.75) is 0 Å². The predicted octanol–water partition coefficient (Wildman–Crippen LogP) is 5.84. The minimum atomic E-state index is 0.550. The van der Waals surface area contributed by atoms with Crippen molar-refractivity contribution in [3.8, 4) is 32.4 Å². The van der Waals surface area contributed by atoms with Gasteiger partial charge in [0.2, 0.25) is 0 Å². The molecule has 2 aromatic heterocycles. The molecule has 0 atom stereocenters. The Morgan fingerprint density at radius 2 is 1.62 bits per heavy atom. The second-order valence-corrected chi connectivity index (χ2v) is 7.47. The number of anilines is 1. The largest absolute Gasteiger partial charge is 0.375 e. The summed E-state index contributed by atoms with van der Waals surface area (Å²) in [6.07, 6.45) is 0. The van der Waals surface area contributed by atoms with E-state index in [1.807, 2.05) is 47.8 Å². The van der Waals surface area contributed by atoms with E-state index >= 15 is 0 Å². The number of hydrogen-bond acceptors (Lipinski definition) is 5. The first-order valence-electron chi connectivity index (χ1n) is 7.24. The fourth-order valence-electron chi connectivity index (χ4n) is 2.40. The maximum absolute atomic E-state index is 6.03. The summed E-state index contributed by atoms with van der Waals surface area (Å²) >= 11 is 9.06. The van der Waals surface area contributed by atoms with Crippen molar-refractivity contribution in [3.05, 3.63) is 65.0 Å².